The molecule has 1 atom stereocenters. The molecule has 1 aromatic carbocycles. The number of rotatable bonds is 1. The van der Waals surface area contributed by atoms with E-state index in [4.69, 9.17) is 4.74 Å². The smallest absolute Gasteiger partial charge is 0.217 e. The number of ether oxygens (including phenoxy) is 1. The Morgan fingerprint density at radius 1 is 1.29 bits per heavy atom. The first-order chi connectivity index (χ1) is 8.22. The lowest BCUT2D eigenvalue weighted by Crippen LogP contribution is -2.37. The molecule has 1 amide bonds. The van der Waals surface area contributed by atoms with Gasteiger partial charge >= 0.3 is 0 Å². The van der Waals surface area contributed by atoms with Gasteiger partial charge in [0.05, 0.1) is 6.61 Å². The number of benzene rings is 1. The molecule has 1 heterocycles. The van der Waals surface area contributed by atoms with Crippen molar-refractivity contribution in [2.45, 2.75) is 38.6 Å². The molecule has 1 aromatic rings. The second-order valence-electron chi connectivity index (χ2n) is 4.97. The van der Waals surface area contributed by atoms with Gasteiger partial charge in [-0.1, -0.05) is 6.07 Å². The Kier molecular flexibility index (Phi) is 2.54. The van der Waals surface area contributed by atoms with Crippen LogP contribution in [0.25, 0.3) is 0 Å². The molecule has 0 fully saturated rings. The number of fused-ring (bicyclic) bond motifs is 2. The van der Waals surface area contributed by atoms with Crippen molar-refractivity contribution in [1.29, 1.82) is 0 Å². The molecular formula is C14H17NO2. The van der Waals surface area contributed by atoms with E-state index < -0.39 is 0 Å². The summed E-state index contributed by atoms with van der Waals surface area (Å²) in [6.07, 6.45) is 4.09. The first-order valence-corrected chi connectivity index (χ1v) is 6.27. The molecule has 1 aliphatic carbocycles. The van der Waals surface area contributed by atoms with Gasteiger partial charge in [0.2, 0.25) is 5.91 Å². The molecule has 3 rings (SSSR count). The Balaban J connectivity index is 1.84. The molecule has 0 saturated heterocycles. The van der Waals surface area contributed by atoms with Crippen LogP contribution in [0.2, 0.25) is 0 Å². The quantitative estimate of drug-likeness (QED) is 0.797. The molecule has 3 nitrogen and oxygen atoms in total. The predicted octanol–water partition coefficient (Wildman–Crippen LogP) is 1.61. The van der Waals surface area contributed by atoms with E-state index in [0.717, 1.165) is 38.0 Å². The summed E-state index contributed by atoms with van der Waals surface area (Å²) >= 11 is 0. The molecule has 0 spiro atoms. The summed E-state index contributed by atoms with van der Waals surface area (Å²) in [6.45, 7) is 2.40. The molecule has 0 bridgehead atoms. The topological polar surface area (TPSA) is 38.3 Å². The van der Waals surface area contributed by atoms with Gasteiger partial charge in [-0.25, -0.2) is 0 Å². The number of amides is 1. The van der Waals surface area contributed by atoms with Crippen LogP contribution in [0.15, 0.2) is 12.1 Å². The van der Waals surface area contributed by atoms with Crippen molar-refractivity contribution >= 4 is 5.91 Å². The van der Waals surface area contributed by atoms with Crippen LogP contribution in [0.3, 0.4) is 0 Å². The van der Waals surface area contributed by atoms with Crippen LogP contribution in [0.5, 0.6) is 5.75 Å². The SMILES string of the molecule is CC(=O)NC1CCc2cc3c(cc2C1)OCC3. The van der Waals surface area contributed by atoms with Gasteiger partial charge in [-0.15, -0.1) is 0 Å². The minimum atomic E-state index is 0.0656. The number of nitrogens with one attached hydrogen (secondary N) is 1. The van der Waals surface area contributed by atoms with E-state index in [1.165, 1.54) is 16.7 Å². The summed E-state index contributed by atoms with van der Waals surface area (Å²) in [4.78, 5) is 11.1. The third-order valence-electron chi connectivity index (χ3n) is 3.65. The van der Waals surface area contributed by atoms with E-state index in [-0.39, 0.29) is 5.91 Å². The molecule has 2 aliphatic rings. The highest BCUT2D eigenvalue weighted by Crippen LogP contribution is 2.32. The Bertz CT molecular complexity index is 468. The van der Waals surface area contributed by atoms with Crippen LogP contribution in [0, 0.1) is 0 Å². The van der Waals surface area contributed by atoms with Crippen molar-refractivity contribution in [2.75, 3.05) is 6.61 Å². The van der Waals surface area contributed by atoms with Crippen LogP contribution < -0.4 is 10.1 Å². The zero-order valence-electron chi connectivity index (χ0n) is 10.1. The van der Waals surface area contributed by atoms with E-state index in [9.17, 15) is 4.79 Å². The highest BCUT2D eigenvalue weighted by molar-refractivity contribution is 5.73. The van der Waals surface area contributed by atoms with Crippen LogP contribution in [0.4, 0.5) is 0 Å². The van der Waals surface area contributed by atoms with Crippen molar-refractivity contribution in [2.24, 2.45) is 0 Å². The first kappa shape index (κ1) is 10.6. The Labute approximate surface area is 101 Å². The number of hydrogen-bond acceptors (Lipinski definition) is 2. The molecule has 1 aliphatic heterocycles. The third-order valence-corrected chi connectivity index (χ3v) is 3.65. The molecule has 3 heteroatoms. The fourth-order valence-corrected chi connectivity index (χ4v) is 2.85. The van der Waals surface area contributed by atoms with Crippen LogP contribution in [-0.2, 0) is 24.1 Å². The fourth-order valence-electron chi connectivity index (χ4n) is 2.85. The molecule has 0 aromatic heterocycles. The van der Waals surface area contributed by atoms with E-state index in [2.05, 4.69) is 17.4 Å². The largest absolute Gasteiger partial charge is 0.493 e. The summed E-state index contributed by atoms with van der Waals surface area (Å²) in [5.41, 5.74) is 4.13. The summed E-state index contributed by atoms with van der Waals surface area (Å²) in [5.74, 6) is 1.11. The molecule has 90 valence electrons. The molecule has 17 heavy (non-hydrogen) atoms. The van der Waals surface area contributed by atoms with Crippen LogP contribution in [-0.4, -0.2) is 18.6 Å². The van der Waals surface area contributed by atoms with Crippen LogP contribution >= 0.6 is 0 Å². The normalized spacial score (nSPS) is 21.4. The highest BCUT2D eigenvalue weighted by Gasteiger charge is 2.22. The van der Waals surface area contributed by atoms with Gasteiger partial charge < -0.3 is 10.1 Å². The van der Waals surface area contributed by atoms with Gasteiger partial charge in [0.1, 0.15) is 5.75 Å². The summed E-state index contributed by atoms with van der Waals surface area (Å²) in [5, 5.41) is 3.01. The maximum Gasteiger partial charge on any atom is 0.217 e. The third kappa shape index (κ3) is 2.02. The van der Waals surface area contributed by atoms with Crippen molar-refractivity contribution in [3.05, 3.63) is 28.8 Å². The predicted molar refractivity (Wildman–Crippen MR) is 65.3 cm³/mol. The fraction of sp³-hybridized carbons (Fsp3) is 0.500. The van der Waals surface area contributed by atoms with E-state index >= 15 is 0 Å². The molecular weight excluding hydrogens is 214 g/mol. The summed E-state index contributed by atoms with van der Waals surface area (Å²) in [6, 6.07) is 4.76. The van der Waals surface area contributed by atoms with Gasteiger partial charge in [0.15, 0.2) is 0 Å². The Morgan fingerprint density at radius 2 is 2.18 bits per heavy atom. The molecule has 1 unspecified atom stereocenters. The van der Waals surface area contributed by atoms with E-state index in [1.54, 1.807) is 6.92 Å². The van der Waals surface area contributed by atoms with Gasteiger partial charge in [-0.05, 0) is 42.0 Å². The number of carbonyl (C=O) groups is 1. The summed E-state index contributed by atoms with van der Waals surface area (Å²) < 4.78 is 5.59. The zero-order valence-corrected chi connectivity index (χ0v) is 10.1. The highest BCUT2D eigenvalue weighted by atomic mass is 16.5. The van der Waals surface area contributed by atoms with E-state index in [1.807, 2.05) is 0 Å². The zero-order chi connectivity index (χ0) is 11.8. The Morgan fingerprint density at radius 3 is 3.00 bits per heavy atom. The lowest BCUT2D eigenvalue weighted by molar-refractivity contribution is -0.119. The lowest BCUT2D eigenvalue weighted by Gasteiger charge is -2.25. The monoisotopic (exact) mass is 231 g/mol. The van der Waals surface area contributed by atoms with Gasteiger partial charge in [0.25, 0.3) is 0 Å². The lowest BCUT2D eigenvalue weighted by atomic mass is 9.86. The van der Waals surface area contributed by atoms with Crippen molar-refractivity contribution < 1.29 is 9.53 Å². The molecule has 1 N–H and O–H groups in total. The van der Waals surface area contributed by atoms with Gasteiger partial charge in [-0.3, -0.25) is 4.79 Å². The number of hydrogen-bond donors (Lipinski definition) is 1. The minimum Gasteiger partial charge on any atom is -0.493 e. The van der Waals surface area contributed by atoms with Crippen molar-refractivity contribution in [3.63, 3.8) is 0 Å². The Hall–Kier alpha value is -1.51. The number of carbonyl (C=O) groups excluding carboxylic acids is 1. The standard InChI is InChI=1S/C14H17NO2/c1-9(16)15-13-3-2-10-6-11-4-5-17-14(11)8-12(10)7-13/h6,8,13H,2-5,7H2,1H3,(H,15,16). The van der Waals surface area contributed by atoms with Crippen molar-refractivity contribution in [1.82, 2.24) is 5.32 Å². The van der Waals surface area contributed by atoms with Crippen molar-refractivity contribution in [3.8, 4) is 5.75 Å². The molecule has 0 radical (unpaired) electrons. The summed E-state index contributed by atoms with van der Waals surface area (Å²) in [7, 11) is 0. The van der Waals surface area contributed by atoms with E-state index in [0.29, 0.717) is 6.04 Å². The molecule has 0 saturated carbocycles. The maximum atomic E-state index is 11.1. The second-order valence-corrected chi connectivity index (χ2v) is 4.97. The van der Waals surface area contributed by atoms with Crippen LogP contribution in [0.1, 0.15) is 30.0 Å². The van der Waals surface area contributed by atoms with Gasteiger partial charge in [0, 0.05) is 19.4 Å². The first-order valence-electron chi connectivity index (χ1n) is 6.27. The average Bonchev–Trinajstić information content (AvgIpc) is 2.72. The average molecular weight is 231 g/mol. The maximum absolute atomic E-state index is 11.1. The second kappa shape index (κ2) is 4.06. The number of aryl methyl sites for hydroxylation is 1. The minimum absolute atomic E-state index is 0.0656. The van der Waals surface area contributed by atoms with Gasteiger partial charge in [-0.2, -0.15) is 0 Å².